The van der Waals surface area contributed by atoms with Gasteiger partial charge in [0.1, 0.15) is 5.60 Å². The molecule has 0 saturated heterocycles. The Kier molecular flexibility index (Phi) is 6.15. The molecule has 8 heteroatoms. The number of hydrogen-bond donors (Lipinski definition) is 3. The quantitative estimate of drug-likeness (QED) is 0.539. The van der Waals surface area contributed by atoms with E-state index in [1.54, 1.807) is 51.1 Å². The van der Waals surface area contributed by atoms with E-state index in [0.717, 1.165) is 0 Å². The first-order valence-electron chi connectivity index (χ1n) is 9.57. The third-order valence-electron chi connectivity index (χ3n) is 4.06. The van der Waals surface area contributed by atoms with Crippen molar-refractivity contribution in [3.8, 4) is 0 Å². The molecule has 3 aromatic rings. The summed E-state index contributed by atoms with van der Waals surface area (Å²) in [5.74, 6) is -0.131. The summed E-state index contributed by atoms with van der Waals surface area (Å²) < 4.78 is 5.11. The zero-order chi connectivity index (χ0) is 21.7. The third-order valence-corrected chi connectivity index (χ3v) is 4.06. The Morgan fingerprint density at radius 1 is 1.03 bits per heavy atom. The van der Waals surface area contributed by atoms with E-state index in [4.69, 9.17) is 4.74 Å². The van der Waals surface area contributed by atoms with Crippen LogP contribution in [0.1, 0.15) is 43.1 Å². The summed E-state index contributed by atoms with van der Waals surface area (Å²) in [6.45, 7) is 5.43. The molecular formula is C22H24N4O4. The number of imidazole rings is 1. The predicted molar refractivity (Wildman–Crippen MR) is 113 cm³/mol. The highest BCUT2D eigenvalue weighted by atomic mass is 16.6. The van der Waals surface area contributed by atoms with E-state index < -0.39 is 11.7 Å². The van der Waals surface area contributed by atoms with Crippen LogP contribution >= 0.6 is 0 Å². The monoisotopic (exact) mass is 408 g/mol. The van der Waals surface area contributed by atoms with Gasteiger partial charge in [-0.15, -0.1) is 0 Å². The molecule has 1 aromatic heterocycles. The smallest absolute Gasteiger partial charge is 0.407 e. The van der Waals surface area contributed by atoms with E-state index in [0.29, 0.717) is 22.2 Å². The Labute approximate surface area is 174 Å². The fourth-order valence-electron chi connectivity index (χ4n) is 2.75. The molecular weight excluding hydrogens is 384 g/mol. The molecule has 30 heavy (non-hydrogen) atoms. The van der Waals surface area contributed by atoms with Crippen LogP contribution in [0.25, 0.3) is 11.0 Å². The van der Waals surface area contributed by atoms with Crippen molar-refractivity contribution in [2.75, 3.05) is 11.9 Å². The van der Waals surface area contributed by atoms with Gasteiger partial charge in [-0.25, -0.2) is 9.78 Å². The molecule has 0 spiro atoms. The minimum atomic E-state index is -0.596. The van der Waals surface area contributed by atoms with Crippen LogP contribution in [0, 0.1) is 0 Å². The van der Waals surface area contributed by atoms with Gasteiger partial charge in [-0.05, 0) is 39.0 Å². The molecule has 0 unspecified atom stereocenters. The molecule has 2 amide bonds. The van der Waals surface area contributed by atoms with Crippen molar-refractivity contribution in [3.05, 3.63) is 59.7 Å². The lowest BCUT2D eigenvalue weighted by Gasteiger charge is -2.19. The number of fused-ring (bicyclic) bond motifs is 1. The number of ether oxygens (including phenoxy) is 1. The standard InChI is InChI=1S/C22H24N4O4/c1-22(2,3)30-21(29)23-12-11-18(27)26-20-24-16-10-9-15(13-17(16)25-20)19(28)14-7-5-4-6-8-14/h4-10,13H,11-12H2,1-3H3,(H,23,29)(H2,24,25,26,27). The van der Waals surface area contributed by atoms with Gasteiger partial charge in [0.25, 0.3) is 0 Å². The van der Waals surface area contributed by atoms with Crippen LogP contribution in [-0.2, 0) is 9.53 Å². The highest BCUT2D eigenvalue weighted by Gasteiger charge is 2.16. The Morgan fingerprint density at radius 3 is 2.47 bits per heavy atom. The normalized spacial score (nSPS) is 11.2. The van der Waals surface area contributed by atoms with Crippen LogP contribution in [0.2, 0.25) is 0 Å². The van der Waals surface area contributed by atoms with Crippen LogP contribution in [0.5, 0.6) is 0 Å². The van der Waals surface area contributed by atoms with E-state index in [-0.39, 0.29) is 30.6 Å². The van der Waals surface area contributed by atoms with Gasteiger partial charge in [0.2, 0.25) is 11.9 Å². The Morgan fingerprint density at radius 2 is 1.77 bits per heavy atom. The number of nitrogens with one attached hydrogen (secondary N) is 3. The molecule has 2 aromatic carbocycles. The summed E-state index contributed by atoms with van der Waals surface area (Å²) >= 11 is 0. The number of ketones is 1. The van der Waals surface area contributed by atoms with E-state index in [1.165, 1.54) is 0 Å². The topological polar surface area (TPSA) is 113 Å². The first kappa shape index (κ1) is 21.0. The van der Waals surface area contributed by atoms with Crippen molar-refractivity contribution in [2.24, 2.45) is 0 Å². The van der Waals surface area contributed by atoms with Crippen LogP contribution in [0.4, 0.5) is 10.7 Å². The number of nitrogens with zero attached hydrogens (tertiary/aromatic N) is 1. The van der Waals surface area contributed by atoms with Crippen molar-refractivity contribution in [1.82, 2.24) is 15.3 Å². The molecule has 0 fully saturated rings. The molecule has 0 atom stereocenters. The maximum Gasteiger partial charge on any atom is 0.407 e. The summed E-state index contributed by atoms with van der Waals surface area (Å²) in [6.07, 6.45) is -0.511. The van der Waals surface area contributed by atoms with Crippen molar-refractivity contribution < 1.29 is 19.1 Å². The van der Waals surface area contributed by atoms with E-state index in [9.17, 15) is 14.4 Å². The van der Waals surface area contributed by atoms with Gasteiger partial charge in [-0.3, -0.25) is 14.9 Å². The molecule has 0 aliphatic rings. The van der Waals surface area contributed by atoms with Crippen molar-refractivity contribution in [3.63, 3.8) is 0 Å². The number of aromatic nitrogens is 2. The number of alkyl carbamates (subject to hydrolysis) is 1. The Hall–Kier alpha value is -3.68. The average molecular weight is 408 g/mol. The second-order valence-corrected chi connectivity index (χ2v) is 7.74. The van der Waals surface area contributed by atoms with E-state index in [2.05, 4.69) is 20.6 Å². The van der Waals surface area contributed by atoms with Gasteiger partial charge in [0, 0.05) is 24.1 Å². The number of rotatable bonds is 6. The fourth-order valence-corrected chi connectivity index (χ4v) is 2.75. The Bertz CT molecular complexity index is 1070. The van der Waals surface area contributed by atoms with Crippen molar-refractivity contribution in [2.45, 2.75) is 32.8 Å². The lowest BCUT2D eigenvalue weighted by molar-refractivity contribution is -0.116. The number of carbonyl (C=O) groups excluding carboxylic acids is 3. The highest BCUT2D eigenvalue weighted by Crippen LogP contribution is 2.18. The molecule has 0 bridgehead atoms. The number of benzene rings is 2. The Balaban J connectivity index is 1.59. The molecule has 8 nitrogen and oxygen atoms in total. The number of aromatic amines is 1. The van der Waals surface area contributed by atoms with Crippen molar-refractivity contribution in [1.29, 1.82) is 0 Å². The zero-order valence-electron chi connectivity index (χ0n) is 17.1. The largest absolute Gasteiger partial charge is 0.444 e. The second kappa shape index (κ2) is 8.77. The van der Waals surface area contributed by atoms with Gasteiger partial charge >= 0.3 is 6.09 Å². The first-order valence-corrected chi connectivity index (χ1v) is 9.57. The zero-order valence-corrected chi connectivity index (χ0v) is 17.1. The number of hydrogen-bond acceptors (Lipinski definition) is 5. The maximum atomic E-state index is 12.6. The molecule has 0 radical (unpaired) electrons. The lowest BCUT2D eigenvalue weighted by atomic mass is 10.0. The van der Waals surface area contributed by atoms with Gasteiger partial charge in [0.05, 0.1) is 11.0 Å². The SMILES string of the molecule is CC(C)(C)OC(=O)NCCC(=O)Nc1nc2ccc(C(=O)c3ccccc3)cc2[nH]1. The summed E-state index contributed by atoms with van der Waals surface area (Å²) in [7, 11) is 0. The highest BCUT2D eigenvalue weighted by molar-refractivity contribution is 6.10. The summed E-state index contributed by atoms with van der Waals surface area (Å²) in [6, 6.07) is 14.1. The van der Waals surface area contributed by atoms with E-state index in [1.807, 2.05) is 18.2 Å². The van der Waals surface area contributed by atoms with Gasteiger partial charge in [0.15, 0.2) is 5.78 Å². The summed E-state index contributed by atoms with van der Waals surface area (Å²) in [5, 5.41) is 5.18. The number of anilines is 1. The summed E-state index contributed by atoms with van der Waals surface area (Å²) in [4.78, 5) is 43.6. The molecule has 3 N–H and O–H groups in total. The molecule has 0 saturated carbocycles. The number of H-pyrrole nitrogens is 1. The predicted octanol–water partition coefficient (Wildman–Crippen LogP) is 3.65. The van der Waals surface area contributed by atoms with Crippen LogP contribution < -0.4 is 10.6 Å². The van der Waals surface area contributed by atoms with Gasteiger partial charge in [-0.2, -0.15) is 0 Å². The third kappa shape index (κ3) is 5.66. The average Bonchev–Trinajstić information content (AvgIpc) is 3.07. The molecule has 156 valence electrons. The minimum Gasteiger partial charge on any atom is -0.444 e. The number of amides is 2. The number of carbonyl (C=O) groups is 3. The molecule has 1 heterocycles. The molecule has 0 aliphatic heterocycles. The summed E-state index contributed by atoms with van der Waals surface area (Å²) in [5.41, 5.74) is 1.79. The lowest BCUT2D eigenvalue weighted by Crippen LogP contribution is -2.34. The van der Waals surface area contributed by atoms with Crippen molar-refractivity contribution >= 4 is 34.8 Å². The van der Waals surface area contributed by atoms with Gasteiger partial charge in [-0.1, -0.05) is 30.3 Å². The fraction of sp³-hybridized carbons (Fsp3) is 0.273. The minimum absolute atomic E-state index is 0.0635. The van der Waals surface area contributed by atoms with Crippen LogP contribution in [0.3, 0.4) is 0 Å². The van der Waals surface area contributed by atoms with Crippen LogP contribution in [-0.4, -0.2) is 39.9 Å². The molecule has 3 rings (SSSR count). The molecule has 0 aliphatic carbocycles. The van der Waals surface area contributed by atoms with E-state index >= 15 is 0 Å². The second-order valence-electron chi connectivity index (χ2n) is 7.74. The first-order chi connectivity index (χ1) is 14.2. The van der Waals surface area contributed by atoms with Crippen LogP contribution in [0.15, 0.2) is 48.5 Å². The van der Waals surface area contributed by atoms with Gasteiger partial charge < -0.3 is 15.0 Å². The maximum absolute atomic E-state index is 12.6.